The van der Waals surface area contributed by atoms with Gasteiger partial charge in [-0.05, 0) is 45.5 Å². The molecule has 0 fully saturated rings. The van der Waals surface area contributed by atoms with Crippen LogP contribution in [0.25, 0.3) is 0 Å². The Morgan fingerprint density at radius 3 is 2.92 bits per heavy atom. The Kier molecular flexibility index (Phi) is 4.61. The molecule has 0 atom stereocenters. The molecular weight excluding hydrogens is 162 g/mol. The maximum absolute atomic E-state index is 5.56. The van der Waals surface area contributed by atoms with E-state index >= 15 is 0 Å². The summed E-state index contributed by atoms with van der Waals surface area (Å²) in [6, 6.07) is 0. The summed E-state index contributed by atoms with van der Waals surface area (Å²) in [5.74, 6) is 1.02. The summed E-state index contributed by atoms with van der Waals surface area (Å²) in [5, 5.41) is 0. The predicted octanol–water partition coefficient (Wildman–Crippen LogP) is 2.00. The molecular formula is C11H18NO. The topological polar surface area (TPSA) is 12.5 Å². The molecule has 1 aliphatic rings. The van der Waals surface area contributed by atoms with Crippen molar-refractivity contribution in [1.29, 1.82) is 0 Å². The molecule has 0 aromatic rings. The van der Waals surface area contributed by atoms with Crippen molar-refractivity contribution in [2.24, 2.45) is 0 Å². The van der Waals surface area contributed by atoms with Crippen LogP contribution in [-0.4, -0.2) is 32.1 Å². The average Bonchev–Trinajstić information content (AvgIpc) is 2.14. The minimum atomic E-state index is 0.814. The minimum absolute atomic E-state index is 0.814. The Morgan fingerprint density at radius 1 is 1.46 bits per heavy atom. The van der Waals surface area contributed by atoms with Gasteiger partial charge in [-0.3, -0.25) is 0 Å². The van der Waals surface area contributed by atoms with Crippen molar-refractivity contribution < 1.29 is 4.74 Å². The molecule has 0 saturated heterocycles. The second-order valence-electron chi connectivity index (χ2n) is 3.44. The summed E-state index contributed by atoms with van der Waals surface area (Å²) in [7, 11) is 4.16. The second kappa shape index (κ2) is 5.81. The van der Waals surface area contributed by atoms with E-state index in [1.807, 2.05) is 12.2 Å². The van der Waals surface area contributed by atoms with Crippen molar-refractivity contribution >= 4 is 0 Å². The fourth-order valence-electron chi connectivity index (χ4n) is 1.17. The lowest BCUT2D eigenvalue weighted by Gasteiger charge is -2.12. The standard InChI is InChI=1S/C11H18NO/c1-12(2)9-6-10-13-11-7-4-3-5-8-11/h3-4,7-8H,5-6,9-10H2,1-2H3. The SMILES string of the molecule is CN(C)CCCOC1=CC[CH]C=C1. The Labute approximate surface area is 80.9 Å². The van der Waals surface area contributed by atoms with E-state index in [1.165, 1.54) is 0 Å². The molecule has 1 radical (unpaired) electrons. The van der Waals surface area contributed by atoms with Crippen LogP contribution in [-0.2, 0) is 4.74 Å². The van der Waals surface area contributed by atoms with Gasteiger partial charge in [0, 0.05) is 6.54 Å². The fraction of sp³-hybridized carbons (Fsp3) is 0.545. The van der Waals surface area contributed by atoms with Crippen molar-refractivity contribution in [3.05, 3.63) is 30.4 Å². The van der Waals surface area contributed by atoms with E-state index in [4.69, 9.17) is 4.74 Å². The van der Waals surface area contributed by atoms with Crippen LogP contribution in [0.4, 0.5) is 0 Å². The number of ether oxygens (including phenoxy) is 1. The van der Waals surface area contributed by atoms with Gasteiger partial charge in [0.1, 0.15) is 5.76 Å². The largest absolute Gasteiger partial charge is 0.494 e. The van der Waals surface area contributed by atoms with Gasteiger partial charge in [0.25, 0.3) is 0 Å². The predicted molar refractivity (Wildman–Crippen MR) is 55.3 cm³/mol. The molecule has 13 heavy (non-hydrogen) atoms. The third kappa shape index (κ3) is 4.73. The van der Waals surface area contributed by atoms with Crippen molar-refractivity contribution in [1.82, 2.24) is 4.90 Å². The van der Waals surface area contributed by atoms with Crippen LogP contribution in [0.15, 0.2) is 24.0 Å². The first-order chi connectivity index (χ1) is 6.29. The van der Waals surface area contributed by atoms with Crippen LogP contribution in [0.3, 0.4) is 0 Å². The zero-order valence-corrected chi connectivity index (χ0v) is 8.49. The van der Waals surface area contributed by atoms with Gasteiger partial charge in [0.15, 0.2) is 0 Å². The molecule has 0 spiro atoms. The summed E-state index contributed by atoms with van der Waals surface area (Å²) in [6.07, 6.45) is 10.4. The van der Waals surface area contributed by atoms with Gasteiger partial charge in [0.05, 0.1) is 6.61 Å². The van der Waals surface area contributed by atoms with Crippen molar-refractivity contribution in [3.8, 4) is 0 Å². The fourth-order valence-corrected chi connectivity index (χ4v) is 1.17. The van der Waals surface area contributed by atoms with Crippen molar-refractivity contribution in [2.75, 3.05) is 27.2 Å². The highest BCUT2D eigenvalue weighted by molar-refractivity contribution is 5.21. The molecule has 0 amide bonds. The molecule has 0 aromatic carbocycles. The molecule has 0 aliphatic heterocycles. The van der Waals surface area contributed by atoms with Crippen molar-refractivity contribution in [3.63, 3.8) is 0 Å². The van der Waals surface area contributed by atoms with E-state index in [0.29, 0.717) is 0 Å². The van der Waals surface area contributed by atoms with Gasteiger partial charge in [-0.1, -0.05) is 6.08 Å². The average molecular weight is 180 g/mol. The number of nitrogens with zero attached hydrogens (tertiary/aromatic N) is 1. The van der Waals surface area contributed by atoms with Gasteiger partial charge >= 0.3 is 0 Å². The lowest BCUT2D eigenvalue weighted by Crippen LogP contribution is -2.14. The van der Waals surface area contributed by atoms with Crippen LogP contribution in [0.2, 0.25) is 0 Å². The van der Waals surface area contributed by atoms with E-state index in [9.17, 15) is 0 Å². The normalized spacial score (nSPS) is 16.1. The molecule has 73 valence electrons. The molecule has 0 saturated carbocycles. The van der Waals surface area contributed by atoms with Crippen LogP contribution < -0.4 is 0 Å². The maximum atomic E-state index is 5.56. The van der Waals surface area contributed by atoms with Crippen molar-refractivity contribution in [2.45, 2.75) is 12.8 Å². The first kappa shape index (κ1) is 10.3. The highest BCUT2D eigenvalue weighted by Gasteiger charge is 1.97. The van der Waals surface area contributed by atoms with Crippen LogP contribution >= 0.6 is 0 Å². The lowest BCUT2D eigenvalue weighted by molar-refractivity contribution is 0.206. The number of hydrogen-bond acceptors (Lipinski definition) is 2. The quantitative estimate of drug-likeness (QED) is 0.600. The zero-order chi connectivity index (χ0) is 9.52. The summed E-state index contributed by atoms with van der Waals surface area (Å²) < 4.78 is 5.56. The molecule has 0 unspecified atom stereocenters. The van der Waals surface area contributed by atoms with Crippen LogP contribution in [0, 0.1) is 6.42 Å². The highest BCUT2D eigenvalue weighted by Crippen LogP contribution is 2.09. The van der Waals surface area contributed by atoms with Gasteiger partial charge in [-0.25, -0.2) is 0 Å². The smallest absolute Gasteiger partial charge is 0.115 e. The lowest BCUT2D eigenvalue weighted by atomic mass is 10.2. The summed E-state index contributed by atoms with van der Waals surface area (Å²) in [5.41, 5.74) is 0. The number of allylic oxidation sites excluding steroid dienone is 3. The molecule has 2 heteroatoms. The summed E-state index contributed by atoms with van der Waals surface area (Å²) >= 11 is 0. The minimum Gasteiger partial charge on any atom is -0.494 e. The van der Waals surface area contributed by atoms with E-state index < -0.39 is 0 Å². The highest BCUT2D eigenvalue weighted by atomic mass is 16.5. The van der Waals surface area contributed by atoms with E-state index in [-0.39, 0.29) is 0 Å². The summed E-state index contributed by atoms with van der Waals surface area (Å²) in [4.78, 5) is 2.17. The third-order valence-corrected chi connectivity index (χ3v) is 1.87. The Balaban J connectivity index is 2.05. The number of hydrogen-bond donors (Lipinski definition) is 0. The van der Waals surface area contributed by atoms with Gasteiger partial charge in [-0.15, -0.1) is 0 Å². The maximum Gasteiger partial charge on any atom is 0.115 e. The third-order valence-electron chi connectivity index (χ3n) is 1.87. The van der Waals surface area contributed by atoms with Gasteiger partial charge < -0.3 is 9.64 Å². The second-order valence-corrected chi connectivity index (χ2v) is 3.44. The summed E-state index contributed by atoms with van der Waals surface area (Å²) in [6.45, 7) is 1.90. The molecule has 0 aromatic heterocycles. The first-order valence-corrected chi connectivity index (χ1v) is 4.76. The molecule has 0 bridgehead atoms. The number of rotatable bonds is 5. The van der Waals surface area contributed by atoms with Gasteiger partial charge in [0.2, 0.25) is 0 Å². The Bertz CT molecular complexity index is 194. The first-order valence-electron chi connectivity index (χ1n) is 4.76. The van der Waals surface area contributed by atoms with E-state index in [1.54, 1.807) is 0 Å². The van der Waals surface area contributed by atoms with E-state index in [0.717, 1.165) is 31.8 Å². The molecule has 1 rings (SSSR count). The molecule has 2 nitrogen and oxygen atoms in total. The Morgan fingerprint density at radius 2 is 2.31 bits per heavy atom. The molecule has 1 aliphatic carbocycles. The zero-order valence-electron chi connectivity index (χ0n) is 8.49. The van der Waals surface area contributed by atoms with Crippen LogP contribution in [0.1, 0.15) is 12.8 Å². The van der Waals surface area contributed by atoms with E-state index in [2.05, 4.69) is 31.5 Å². The van der Waals surface area contributed by atoms with Crippen LogP contribution in [0.5, 0.6) is 0 Å². The van der Waals surface area contributed by atoms with Gasteiger partial charge in [-0.2, -0.15) is 0 Å². The molecule has 0 heterocycles. The monoisotopic (exact) mass is 180 g/mol. The Hall–Kier alpha value is -0.760. The molecule has 0 N–H and O–H groups in total.